The molecule has 4 aromatic rings. The fraction of sp³-hybridized carbons (Fsp3) is 0.314. The number of rotatable bonds is 7. The summed E-state index contributed by atoms with van der Waals surface area (Å²) in [5.74, 6) is -0.697. The summed E-state index contributed by atoms with van der Waals surface area (Å²) in [6.07, 6.45) is 3.05. The van der Waals surface area contributed by atoms with Crippen LogP contribution in [0.4, 0.5) is 0 Å². The van der Waals surface area contributed by atoms with Gasteiger partial charge in [-0.1, -0.05) is 18.2 Å². The predicted molar refractivity (Wildman–Crippen MR) is 177 cm³/mol. The second-order valence-electron chi connectivity index (χ2n) is 12.2. The van der Waals surface area contributed by atoms with E-state index in [0.717, 1.165) is 4.57 Å². The zero-order chi connectivity index (χ0) is 34.9. The molecule has 0 bridgehead atoms. The first-order valence-corrected chi connectivity index (χ1v) is 15.6. The summed E-state index contributed by atoms with van der Waals surface area (Å²) in [5, 5.41) is 11.2. The smallest absolute Gasteiger partial charge is 0.347 e. The number of allylic oxidation sites excluding steroid dienone is 6. The van der Waals surface area contributed by atoms with E-state index in [-0.39, 0.29) is 71.4 Å². The fourth-order valence-electron chi connectivity index (χ4n) is 7.28. The quantitative estimate of drug-likeness (QED) is 0.228. The van der Waals surface area contributed by atoms with Crippen LogP contribution in [0.1, 0.15) is 36.6 Å². The van der Waals surface area contributed by atoms with Gasteiger partial charge in [-0.3, -0.25) is 14.4 Å². The van der Waals surface area contributed by atoms with E-state index >= 15 is 0 Å². The Hall–Kier alpha value is -5.92. The van der Waals surface area contributed by atoms with E-state index in [4.69, 9.17) is 14.2 Å². The number of benzene rings is 2. The molecule has 3 aliphatic rings. The van der Waals surface area contributed by atoms with E-state index in [9.17, 15) is 29.1 Å². The van der Waals surface area contributed by atoms with E-state index in [1.165, 1.54) is 41.3 Å². The van der Waals surface area contributed by atoms with E-state index in [2.05, 4.69) is 4.98 Å². The monoisotopic (exact) mass is 667 g/mol. The van der Waals surface area contributed by atoms with Gasteiger partial charge in [0.1, 0.15) is 5.69 Å². The van der Waals surface area contributed by atoms with Gasteiger partial charge in [-0.25, -0.2) is 28.5 Å². The molecule has 2 aromatic carbocycles. The lowest BCUT2D eigenvalue weighted by atomic mass is 9.67. The van der Waals surface area contributed by atoms with Crippen molar-refractivity contribution < 1.29 is 28.9 Å². The summed E-state index contributed by atoms with van der Waals surface area (Å²) in [5.41, 5.74) is 1.20. The van der Waals surface area contributed by atoms with Gasteiger partial charge >= 0.3 is 11.4 Å². The Morgan fingerprint density at radius 3 is 2.39 bits per heavy atom. The molecule has 49 heavy (non-hydrogen) atoms. The highest BCUT2D eigenvalue weighted by Crippen LogP contribution is 2.52. The zero-order valence-corrected chi connectivity index (χ0v) is 27.5. The first kappa shape index (κ1) is 31.7. The zero-order valence-electron chi connectivity index (χ0n) is 27.5. The Balaban J connectivity index is 1.31. The first-order valence-electron chi connectivity index (χ1n) is 15.6. The lowest BCUT2D eigenvalue weighted by molar-refractivity contribution is -0.116. The third-order valence-corrected chi connectivity index (χ3v) is 9.69. The number of hydrogen-bond donors (Lipinski definition) is 1. The van der Waals surface area contributed by atoms with Gasteiger partial charge in [0.15, 0.2) is 34.6 Å². The van der Waals surface area contributed by atoms with Crippen molar-refractivity contribution in [3.05, 3.63) is 107 Å². The minimum Gasteiger partial charge on any atom is -0.504 e. The molecule has 0 fully saturated rings. The lowest BCUT2D eigenvalue weighted by Gasteiger charge is -2.39. The molecule has 0 saturated heterocycles. The Morgan fingerprint density at radius 1 is 0.959 bits per heavy atom. The van der Waals surface area contributed by atoms with E-state index in [1.807, 2.05) is 0 Å². The van der Waals surface area contributed by atoms with Gasteiger partial charge in [0.2, 0.25) is 0 Å². The predicted octanol–water partition coefficient (Wildman–Crippen LogP) is 2.10. The van der Waals surface area contributed by atoms with Crippen LogP contribution in [-0.4, -0.2) is 61.5 Å². The Labute approximate surface area is 278 Å². The number of aromatic nitrogens is 5. The van der Waals surface area contributed by atoms with Gasteiger partial charge < -0.3 is 23.9 Å². The number of fused-ring (bicyclic) bond motifs is 4. The number of aromatic hydroxyl groups is 1. The van der Waals surface area contributed by atoms with E-state index in [1.54, 1.807) is 50.4 Å². The van der Waals surface area contributed by atoms with Gasteiger partial charge in [-0.05, 0) is 24.6 Å². The maximum Gasteiger partial charge on any atom is 0.347 e. The molecule has 0 spiro atoms. The highest BCUT2D eigenvalue weighted by molar-refractivity contribution is 6.23. The summed E-state index contributed by atoms with van der Waals surface area (Å²) in [7, 11) is 6.00. The molecule has 1 N–H and O–H groups in total. The average Bonchev–Trinajstić information content (AvgIpc) is 3.35. The molecule has 0 amide bonds. The van der Waals surface area contributed by atoms with Gasteiger partial charge in [-0.2, -0.15) is 0 Å². The van der Waals surface area contributed by atoms with Crippen LogP contribution < -0.4 is 31.1 Å². The Bertz CT molecular complexity index is 2400. The summed E-state index contributed by atoms with van der Waals surface area (Å²) in [4.78, 5) is 72.7. The Kier molecular flexibility index (Phi) is 7.53. The molecule has 1 aliphatic heterocycles. The highest BCUT2D eigenvalue weighted by Gasteiger charge is 2.45. The summed E-state index contributed by atoms with van der Waals surface area (Å²) < 4.78 is 21.2. The molecule has 0 unspecified atom stereocenters. The number of ether oxygens (including phenoxy) is 3. The Morgan fingerprint density at radius 2 is 1.67 bits per heavy atom. The number of ketones is 2. The van der Waals surface area contributed by atoms with Crippen LogP contribution >= 0.6 is 0 Å². The number of Topliss-reactive ketones (excluding diaryl/α,β-unsaturated/α-hetero) is 1. The topological polar surface area (TPSA) is 166 Å². The number of aryl methyl sites for hydroxylation is 2. The molecule has 252 valence electrons. The standard InChI is InChI=1S/C35H33N5O9/c1-17-13-25(41)30-20(31(17)42)14-23-18(29(30)19-7-6-8-26(47-3)32(19)43)9-12-39-34(45)38(35(46)40(23)39)11-10-21-33(44)37(2)24-16-28(49-5)27(48-4)15-22(24)36-21/h6-9,13,15-16,23,29,43H,10-12,14H2,1-5H3/t23-,29-/m1/s1. The highest BCUT2D eigenvalue weighted by atomic mass is 16.5. The normalized spacial score (nSPS) is 18.5. The van der Waals surface area contributed by atoms with Gasteiger partial charge in [0, 0.05) is 66.8 Å². The molecule has 3 heterocycles. The lowest BCUT2D eigenvalue weighted by Crippen LogP contribution is -2.40. The van der Waals surface area contributed by atoms with Crippen LogP contribution in [0.15, 0.2) is 79.2 Å². The van der Waals surface area contributed by atoms with Crippen molar-refractivity contribution >= 4 is 22.6 Å². The van der Waals surface area contributed by atoms with Crippen LogP contribution in [0.25, 0.3) is 11.0 Å². The SMILES string of the molecule is COc1cc2nc(CCn3c(=O)n4n(c3=O)[C@@H]3CC5=C(C(=O)C=C(C)C5=O)[C@@H](c5cccc(OC)c5O)C3=CC4)c(=O)n(C)c2cc1OC. The van der Waals surface area contributed by atoms with Crippen LogP contribution in [0.3, 0.4) is 0 Å². The van der Waals surface area contributed by atoms with Crippen molar-refractivity contribution in [3.8, 4) is 23.0 Å². The number of carbonyl (C=O) groups excluding carboxylic acids is 2. The largest absolute Gasteiger partial charge is 0.504 e. The molecule has 2 atom stereocenters. The first-order chi connectivity index (χ1) is 23.5. The third kappa shape index (κ3) is 4.69. The van der Waals surface area contributed by atoms with Gasteiger partial charge in [0.05, 0.1) is 44.9 Å². The van der Waals surface area contributed by atoms with Crippen molar-refractivity contribution in [2.24, 2.45) is 7.05 Å². The molecule has 0 radical (unpaired) electrons. The molecule has 2 aliphatic carbocycles. The summed E-state index contributed by atoms with van der Waals surface area (Å²) >= 11 is 0. The van der Waals surface area contributed by atoms with Crippen LogP contribution in [0.5, 0.6) is 23.0 Å². The molecule has 0 saturated carbocycles. The second-order valence-corrected chi connectivity index (χ2v) is 12.2. The maximum atomic E-state index is 14.1. The number of hydrogen-bond acceptors (Lipinski definition) is 10. The summed E-state index contributed by atoms with van der Waals surface area (Å²) in [6, 6.07) is 7.40. The number of phenolic OH excluding ortho intramolecular Hbond substituents is 1. The van der Waals surface area contributed by atoms with Crippen LogP contribution in [-0.2, 0) is 36.1 Å². The van der Waals surface area contributed by atoms with E-state index in [0.29, 0.717) is 33.7 Å². The van der Waals surface area contributed by atoms with Crippen LogP contribution in [0.2, 0.25) is 0 Å². The van der Waals surface area contributed by atoms with Crippen LogP contribution in [0, 0.1) is 0 Å². The van der Waals surface area contributed by atoms with Crippen molar-refractivity contribution in [2.75, 3.05) is 21.3 Å². The molecule has 14 heteroatoms. The number of methoxy groups -OCH3 is 3. The minimum atomic E-state index is -0.871. The van der Waals surface area contributed by atoms with Gasteiger partial charge in [0.25, 0.3) is 5.56 Å². The third-order valence-electron chi connectivity index (χ3n) is 9.69. The molecule has 14 nitrogen and oxygen atoms in total. The molecule has 2 aromatic heterocycles. The fourth-order valence-corrected chi connectivity index (χ4v) is 7.28. The average molecular weight is 668 g/mol. The second kappa shape index (κ2) is 11.6. The van der Waals surface area contributed by atoms with Crippen molar-refractivity contribution in [1.29, 1.82) is 0 Å². The summed E-state index contributed by atoms with van der Waals surface area (Å²) in [6.45, 7) is 1.43. The molecular formula is C35H33N5O9. The minimum absolute atomic E-state index is 0.000418. The number of carbonyl (C=O) groups is 2. The maximum absolute atomic E-state index is 14.1. The van der Waals surface area contributed by atoms with E-state index < -0.39 is 28.9 Å². The number of nitrogens with zero attached hydrogens (tertiary/aromatic N) is 5. The molecule has 7 rings (SSSR count). The van der Waals surface area contributed by atoms with Crippen molar-refractivity contribution in [1.82, 2.24) is 23.5 Å². The van der Waals surface area contributed by atoms with Gasteiger partial charge in [-0.15, -0.1) is 0 Å². The van der Waals surface area contributed by atoms with Crippen molar-refractivity contribution in [3.63, 3.8) is 0 Å². The molecular weight excluding hydrogens is 634 g/mol. The van der Waals surface area contributed by atoms with Crippen molar-refractivity contribution in [2.45, 2.75) is 44.8 Å². The number of para-hydroxylation sites is 1. The number of phenols is 1.